The number of allylic oxidation sites excluding steroid dienone is 1. The lowest BCUT2D eigenvalue weighted by molar-refractivity contribution is -0.192. The number of carboxylic acids is 1. The Morgan fingerprint density at radius 2 is 1.71 bits per heavy atom. The number of likely N-dealkylation sites (N-methyl/N-ethyl adjacent to an activating group) is 1. The van der Waals surface area contributed by atoms with Crippen LogP contribution in [-0.2, 0) is 11.3 Å². The molecule has 0 radical (unpaired) electrons. The quantitative estimate of drug-likeness (QED) is 0.450. The topological polar surface area (TPSA) is 79.3 Å². The van der Waals surface area contributed by atoms with Crippen molar-refractivity contribution < 1.29 is 28.2 Å². The maximum absolute atomic E-state index is 10.6. The molecular weight excluding hydrogens is 517 g/mol. The van der Waals surface area contributed by atoms with Gasteiger partial charge in [0.15, 0.2) is 0 Å². The molecule has 11 heteroatoms. The fourth-order valence-electron chi connectivity index (χ4n) is 4.26. The lowest BCUT2D eigenvalue weighted by Gasteiger charge is -2.34. The highest BCUT2D eigenvalue weighted by Crippen LogP contribution is 2.43. The van der Waals surface area contributed by atoms with Crippen LogP contribution in [0.1, 0.15) is 5.56 Å². The number of rotatable bonds is 5. The summed E-state index contributed by atoms with van der Waals surface area (Å²) in [6, 6.07) is 16.1. The monoisotopic (exact) mass is 546 g/mol. The van der Waals surface area contributed by atoms with Gasteiger partial charge in [-0.15, -0.1) is 11.8 Å². The number of nitrogens with zero attached hydrogens (tertiary/aromatic N) is 3. The number of carboxylic acid groups (broad SMARTS) is 1. The van der Waals surface area contributed by atoms with Crippen molar-refractivity contribution in [3.8, 4) is 5.75 Å². The predicted molar refractivity (Wildman–Crippen MR) is 144 cm³/mol. The average Bonchev–Trinajstić information content (AvgIpc) is 3.38. The number of fused-ring (bicyclic) bond motifs is 1. The molecule has 38 heavy (non-hydrogen) atoms. The number of alkyl halides is 3. The van der Waals surface area contributed by atoms with Crippen molar-refractivity contribution >= 4 is 29.1 Å². The molecule has 0 aliphatic carbocycles. The van der Waals surface area contributed by atoms with Gasteiger partial charge in [0, 0.05) is 44.7 Å². The minimum atomic E-state index is -5.08. The number of benzene rings is 2. The number of hydrogen-bond acceptors (Lipinski definition) is 7. The van der Waals surface area contributed by atoms with E-state index in [1.807, 2.05) is 30.0 Å². The van der Waals surface area contributed by atoms with E-state index >= 15 is 0 Å². The predicted octanol–water partition coefficient (Wildman–Crippen LogP) is 5.06. The third kappa shape index (κ3) is 6.72. The van der Waals surface area contributed by atoms with Gasteiger partial charge < -0.3 is 25.3 Å². The van der Waals surface area contributed by atoms with E-state index in [1.54, 1.807) is 6.07 Å². The molecule has 2 aromatic carbocycles. The van der Waals surface area contributed by atoms with Crippen molar-refractivity contribution in [1.82, 2.24) is 9.80 Å². The number of halogens is 3. The molecule has 3 heterocycles. The normalized spacial score (nSPS) is 18.0. The number of thioether (sulfide) groups is 1. The molecule has 3 aliphatic rings. The number of phenolic OH excluding ortho intramolecular Hbond substituents is 1. The first kappa shape index (κ1) is 27.6. The molecule has 1 fully saturated rings. The molecular formula is C27H29F3N4O3S. The number of piperazine rings is 1. The number of aliphatic carboxylic acids is 1. The van der Waals surface area contributed by atoms with Crippen molar-refractivity contribution in [2.24, 2.45) is 0 Å². The zero-order chi connectivity index (χ0) is 27.3. The van der Waals surface area contributed by atoms with Gasteiger partial charge in [-0.1, -0.05) is 30.3 Å². The highest BCUT2D eigenvalue weighted by Gasteiger charge is 2.38. The van der Waals surface area contributed by atoms with Gasteiger partial charge in [0.05, 0.1) is 27.7 Å². The smallest absolute Gasteiger partial charge is 0.490 e. The molecule has 0 unspecified atom stereocenters. The van der Waals surface area contributed by atoms with Gasteiger partial charge in [-0.2, -0.15) is 13.2 Å². The van der Waals surface area contributed by atoms with Crippen LogP contribution in [-0.4, -0.2) is 71.1 Å². The number of para-hydroxylation sites is 3. The molecule has 0 aromatic heterocycles. The van der Waals surface area contributed by atoms with Crippen LogP contribution in [0.5, 0.6) is 5.75 Å². The van der Waals surface area contributed by atoms with Gasteiger partial charge in [0.25, 0.3) is 0 Å². The van der Waals surface area contributed by atoms with Crippen LogP contribution in [0.15, 0.2) is 83.2 Å². The molecule has 1 saturated heterocycles. The summed E-state index contributed by atoms with van der Waals surface area (Å²) in [7, 11) is 2.20. The second-order valence-electron chi connectivity index (χ2n) is 8.98. The van der Waals surface area contributed by atoms with Gasteiger partial charge in [-0.05, 0) is 43.0 Å². The summed E-state index contributed by atoms with van der Waals surface area (Å²) in [5.41, 5.74) is 5.57. The SMILES string of the molecule is CN1CCN(Cc2ccccc2N2C=CC(Nc3ccccc3O)=C3SCC=C32)CC1.O=C(O)C(F)(F)F. The Morgan fingerprint density at radius 3 is 2.39 bits per heavy atom. The van der Waals surface area contributed by atoms with E-state index in [2.05, 4.69) is 69.7 Å². The number of aromatic hydroxyl groups is 1. The molecule has 0 bridgehead atoms. The van der Waals surface area contributed by atoms with E-state index in [-0.39, 0.29) is 5.75 Å². The Morgan fingerprint density at radius 1 is 1.05 bits per heavy atom. The van der Waals surface area contributed by atoms with Crippen molar-refractivity contribution in [2.45, 2.75) is 12.7 Å². The van der Waals surface area contributed by atoms with Gasteiger partial charge in [-0.25, -0.2) is 4.79 Å². The number of phenols is 1. The summed E-state index contributed by atoms with van der Waals surface area (Å²) >= 11 is 1.83. The van der Waals surface area contributed by atoms with Crippen molar-refractivity contribution in [1.29, 1.82) is 0 Å². The van der Waals surface area contributed by atoms with Crippen LogP contribution in [0.25, 0.3) is 0 Å². The van der Waals surface area contributed by atoms with Crippen LogP contribution in [0.3, 0.4) is 0 Å². The van der Waals surface area contributed by atoms with Crippen molar-refractivity contribution in [3.63, 3.8) is 0 Å². The lowest BCUT2D eigenvalue weighted by Crippen LogP contribution is -2.44. The van der Waals surface area contributed by atoms with Gasteiger partial charge in [-0.3, -0.25) is 4.90 Å². The fraction of sp³-hybridized carbons (Fsp3) is 0.296. The maximum Gasteiger partial charge on any atom is 0.490 e. The average molecular weight is 547 g/mol. The maximum atomic E-state index is 10.6. The van der Waals surface area contributed by atoms with E-state index in [1.165, 1.54) is 21.9 Å². The second-order valence-corrected chi connectivity index (χ2v) is 10.0. The first-order valence-corrected chi connectivity index (χ1v) is 13.0. The number of hydrogen-bond donors (Lipinski definition) is 3. The fourth-order valence-corrected chi connectivity index (χ4v) is 5.27. The Kier molecular flexibility index (Phi) is 8.70. The third-order valence-electron chi connectivity index (χ3n) is 6.29. The molecule has 0 saturated carbocycles. The van der Waals surface area contributed by atoms with E-state index in [0.29, 0.717) is 0 Å². The lowest BCUT2D eigenvalue weighted by atomic mass is 10.1. The number of anilines is 2. The van der Waals surface area contributed by atoms with Crippen LogP contribution in [0.4, 0.5) is 24.5 Å². The highest BCUT2D eigenvalue weighted by atomic mass is 32.2. The molecule has 202 valence electrons. The zero-order valence-electron chi connectivity index (χ0n) is 20.8. The van der Waals surface area contributed by atoms with E-state index in [9.17, 15) is 18.3 Å². The van der Waals surface area contributed by atoms with Crippen LogP contribution in [0, 0.1) is 0 Å². The minimum absolute atomic E-state index is 0.262. The molecule has 3 aliphatic heterocycles. The second kappa shape index (κ2) is 12.0. The summed E-state index contributed by atoms with van der Waals surface area (Å²) in [5.74, 6) is -1.54. The molecule has 7 nitrogen and oxygen atoms in total. The van der Waals surface area contributed by atoms with E-state index in [4.69, 9.17) is 9.90 Å². The Bertz CT molecular complexity index is 1250. The molecule has 5 rings (SSSR count). The Balaban J connectivity index is 0.000000426. The Hall–Kier alpha value is -3.41. The number of nitrogens with one attached hydrogen (secondary N) is 1. The van der Waals surface area contributed by atoms with Crippen molar-refractivity contribution in [2.75, 3.05) is 49.2 Å². The van der Waals surface area contributed by atoms with Gasteiger partial charge in [0.1, 0.15) is 5.75 Å². The summed E-state index contributed by atoms with van der Waals surface area (Å²) in [6.07, 6.45) is 1.47. The van der Waals surface area contributed by atoms with Crippen LogP contribution < -0.4 is 10.2 Å². The summed E-state index contributed by atoms with van der Waals surface area (Å²) in [5, 5.41) is 20.7. The van der Waals surface area contributed by atoms with E-state index in [0.717, 1.165) is 49.9 Å². The minimum Gasteiger partial charge on any atom is -0.506 e. The number of carbonyl (C=O) groups is 1. The van der Waals surface area contributed by atoms with Gasteiger partial charge >= 0.3 is 12.1 Å². The summed E-state index contributed by atoms with van der Waals surface area (Å²) < 4.78 is 31.7. The van der Waals surface area contributed by atoms with Gasteiger partial charge in [0.2, 0.25) is 0 Å². The standard InChI is InChI=1S/C25H28N4OS.C2HF3O2/c1-27-13-15-28(16-14-27)18-19-6-2-4-8-22(19)29-12-10-21(25-23(29)11-17-31-25)26-20-7-3-5-9-24(20)30;3-2(4,5)1(6)7/h2-12,26,30H,13-18H2,1H3;(H,6,7). The molecule has 0 amide bonds. The largest absolute Gasteiger partial charge is 0.506 e. The molecule has 0 atom stereocenters. The van der Waals surface area contributed by atoms with E-state index < -0.39 is 12.1 Å². The summed E-state index contributed by atoms with van der Waals surface area (Å²) in [6.45, 7) is 5.44. The first-order valence-electron chi connectivity index (χ1n) is 12.0. The highest BCUT2D eigenvalue weighted by molar-refractivity contribution is 8.03. The third-order valence-corrected chi connectivity index (χ3v) is 7.34. The zero-order valence-corrected chi connectivity index (χ0v) is 21.6. The molecule has 2 aromatic rings. The molecule has 3 N–H and O–H groups in total. The van der Waals surface area contributed by atoms with Crippen molar-refractivity contribution in [3.05, 3.63) is 88.7 Å². The van der Waals surface area contributed by atoms with Crippen LogP contribution >= 0.6 is 11.8 Å². The Labute approximate surface area is 223 Å². The molecule has 0 spiro atoms. The van der Waals surface area contributed by atoms with Crippen LogP contribution in [0.2, 0.25) is 0 Å². The summed E-state index contributed by atoms with van der Waals surface area (Å²) in [4.78, 5) is 17.4. The first-order chi connectivity index (χ1) is 18.1.